The van der Waals surface area contributed by atoms with Crippen molar-refractivity contribution in [1.82, 2.24) is 14.5 Å². The standard InChI is InChI=1S/C11H13N3O4/c15-4-7-8(16)9(17)11(18-7)14-2-1-6-3-12-5-13-10(6)14/h1-3,5,7-9,11,15-17H,4H2/t7-,8+,9-,11+/m0/s1. The molecule has 0 spiro atoms. The van der Waals surface area contributed by atoms with Crippen molar-refractivity contribution < 1.29 is 20.1 Å². The minimum absolute atomic E-state index is 0.344. The van der Waals surface area contributed by atoms with E-state index >= 15 is 0 Å². The predicted molar refractivity (Wildman–Crippen MR) is 60.5 cm³/mol. The van der Waals surface area contributed by atoms with Crippen LogP contribution in [0.1, 0.15) is 6.23 Å². The molecule has 18 heavy (non-hydrogen) atoms. The number of aliphatic hydroxyl groups excluding tert-OH is 3. The van der Waals surface area contributed by atoms with E-state index in [0.29, 0.717) is 5.65 Å². The van der Waals surface area contributed by atoms with E-state index in [0.717, 1.165) is 5.39 Å². The van der Waals surface area contributed by atoms with Gasteiger partial charge in [-0.05, 0) is 6.07 Å². The molecule has 0 aliphatic carbocycles. The molecule has 0 radical (unpaired) electrons. The highest BCUT2D eigenvalue weighted by atomic mass is 16.6. The van der Waals surface area contributed by atoms with Crippen molar-refractivity contribution in [2.24, 2.45) is 0 Å². The van der Waals surface area contributed by atoms with Crippen molar-refractivity contribution in [3.63, 3.8) is 0 Å². The van der Waals surface area contributed by atoms with E-state index in [2.05, 4.69) is 9.97 Å². The van der Waals surface area contributed by atoms with Gasteiger partial charge in [0.25, 0.3) is 0 Å². The van der Waals surface area contributed by atoms with Crippen molar-refractivity contribution in [2.75, 3.05) is 6.61 Å². The van der Waals surface area contributed by atoms with Crippen LogP contribution in [0.2, 0.25) is 0 Å². The minimum Gasteiger partial charge on any atom is -0.394 e. The lowest BCUT2D eigenvalue weighted by Gasteiger charge is -2.17. The van der Waals surface area contributed by atoms with Gasteiger partial charge in [-0.1, -0.05) is 0 Å². The van der Waals surface area contributed by atoms with Crippen LogP contribution >= 0.6 is 0 Å². The maximum atomic E-state index is 9.94. The number of nitrogens with zero attached hydrogens (tertiary/aromatic N) is 3. The topological polar surface area (TPSA) is 101 Å². The van der Waals surface area contributed by atoms with Gasteiger partial charge >= 0.3 is 0 Å². The quantitative estimate of drug-likeness (QED) is 0.635. The first kappa shape index (κ1) is 11.5. The van der Waals surface area contributed by atoms with Crippen LogP contribution in [-0.2, 0) is 4.74 Å². The van der Waals surface area contributed by atoms with Gasteiger partial charge in [0.15, 0.2) is 6.23 Å². The molecule has 4 atom stereocenters. The lowest BCUT2D eigenvalue weighted by molar-refractivity contribution is -0.0508. The Balaban J connectivity index is 2.00. The van der Waals surface area contributed by atoms with Gasteiger partial charge in [-0.15, -0.1) is 0 Å². The van der Waals surface area contributed by atoms with Crippen LogP contribution in [0.15, 0.2) is 24.8 Å². The van der Waals surface area contributed by atoms with Crippen LogP contribution in [0.4, 0.5) is 0 Å². The largest absolute Gasteiger partial charge is 0.394 e. The van der Waals surface area contributed by atoms with Crippen molar-refractivity contribution in [3.8, 4) is 0 Å². The first-order valence-electron chi connectivity index (χ1n) is 5.61. The molecule has 1 aliphatic heterocycles. The van der Waals surface area contributed by atoms with Gasteiger partial charge in [0, 0.05) is 17.8 Å². The van der Waals surface area contributed by atoms with Crippen molar-refractivity contribution in [3.05, 3.63) is 24.8 Å². The van der Waals surface area contributed by atoms with Gasteiger partial charge in [0.1, 0.15) is 30.3 Å². The maximum absolute atomic E-state index is 9.94. The summed E-state index contributed by atoms with van der Waals surface area (Å²) in [5.41, 5.74) is 0.611. The summed E-state index contributed by atoms with van der Waals surface area (Å²) in [6.07, 6.45) is 1.00. The summed E-state index contributed by atoms with van der Waals surface area (Å²) in [4.78, 5) is 8.01. The minimum atomic E-state index is -1.11. The molecule has 1 aliphatic rings. The third-order valence-electron chi connectivity index (χ3n) is 3.17. The summed E-state index contributed by atoms with van der Waals surface area (Å²) in [5.74, 6) is 0. The maximum Gasteiger partial charge on any atom is 0.164 e. The Morgan fingerprint density at radius 2 is 2.17 bits per heavy atom. The van der Waals surface area contributed by atoms with E-state index < -0.39 is 24.5 Å². The number of hydrogen-bond donors (Lipinski definition) is 3. The predicted octanol–water partition coefficient (Wildman–Crippen LogP) is -0.957. The fraction of sp³-hybridized carbons (Fsp3) is 0.455. The zero-order valence-corrected chi connectivity index (χ0v) is 9.42. The number of aromatic nitrogens is 3. The molecule has 1 fully saturated rings. The van der Waals surface area contributed by atoms with Gasteiger partial charge in [-0.2, -0.15) is 0 Å². The number of ether oxygens (including phenoxy) is 1. The van der Waals surface area contributed by atoms with Crippen LogP contribution in [0, 0.1) is 0 Å². The highest BCUT2D eigenvalue weighted by Crippen LogP contribution is 2.31. The van der Waals surface area contributed by atoms with Crippen LogP contribution in [-0.4, -0.2) is 54.8 Å². The lowest BCUT2D eigenvalue weighted by Crippen LogP contribution is -2.33. The Hall–Kier alpha value is -1.54. The zero-order valence-electron chi connectivity index (χ0n) is 9.42. The van der Waals surface area contributed by atoms with Crippen molar-refractivity contribution >= 4 is 11.0 Å². The summed E-state index contributed by atoms with van der Waals surface area (Å²) in [6.45, 7) is -0.344. The van der Waals surface area contributed by atoms with Gasteiger partial charge in [-0.25, -0.2) is 9.97 Å². The number of aliphatic hydroxyl groups is 3. The molecule has 96 valence electrons. The molecule has 0 saturated carbocycles. The second-order valence-corrected chi connectivity index (χ2v) is 4.25. The summed E-state index contributed by atoms with van der Waals surface area (Å²) >= 11 is 0. The van der Waals surface area contributed by atoms with E-state index in [-0.39, 0.29) is 6.61 Å². The first-order chi connectivity index (χ1) is 8.72. The monoisotopic (exact) mass is 251 g/mol. The molecule has 0 unspecified atom stereocenters. The smallest absolute Gasteiger partial charge is 0.164 e. The van der Waals surface area contributed by atoms with Crippen LogP contribution in [0.25, 0.3) is 11.0 Å². The highest BCUT2D eigenvalue weighted by Gasteiger charge is 2.43. The Morgan fingerprint density at radius 3 is 2.89 bits per heavy atom. The van der Waals surface area contributed by atoms with E-state index in [4.69, 9.17) is 9.84 Å². The molecule has 1 saturated heterocycles. The molecule has 2 aromatic rings. The summed E-state index contributed by atoms with van der Waals surface area (Å²) < 4.78 is 7.07. The number of fused-ring (bicyclic) bond motifs is 1. The van der Waals surface area contributed by atoms with E-state index in [1.165, 1.54) is 6.33 Å². The summed E-state index contributed by atoms with van der Waals surface area (Å²) in [5, 5.41) is 29.5. The molecule has 3 heterocycles. The first-order valence-corrected chi connectivity index (χ1v) is 5.61. The normalized spacial score (nSPS) is 32.2. The van der Waals surface area contributed by atoms with Crippen molar-refractivity contribution in [2.45, 2.75) is 24.5 Å². The zero-order chi connectivity index (χ0) is 12.7. The Kier molecular flexibility index (Phi) is 2.75. The Bertz CT molecular complexity index is 558. The number of hydrogen-bond acceptors (Lipinski definition) is 6. The average molecular weight is 251 g/mol. The van der Waals surface area contributed by atoms with E-state index in [1.54, 1.807) is 23.0 Å². The molecule has 0 amide bonds. The number of rotatable bonds is 2. The second kappa shape index (κ2) is 4.29. The van der Waals surface area contributed by atoms with Crippen LogP contribution < -0.4 is 0 Å². The SMILES string of the molecule is OC[C@@H]1O[C@@H](n2ccc3cncnc32)[C@@H](O)[C@@H]1O. The lowest BCUT2D eigenvalue weighted by atomic mass is 10.1. The fourth-order valence-corrected chi connectivity index (χ4v) is 2.21. The molecule has 7 nitrogen and oxygen atoms in total. The average Bonchev–Trinajstić information content (AvgIpc) is 2.93. The fourth-order valence-electron chi connectivity index (χ4n) is 2.21. The van der Waals surface area contributed by atoms with Gasteiger partial charge < -0.3 is 24.6 Å². The highest BCUT2D eigenvalue weighted by molar-refractivity contribution is 5.74. The van der Waals surface area contributed by atoms with Crippen LogP contribution in [0.5, 0.6) is 0 Å². The van der Waals surface area contributed by atoms with E-state index in [9.17, 15) is 10.2 Å². The molecule has 0 aromatic carbocycles. The molecule has 2 aromatic heterocycles. The summed E-state index contributed by atoms with van der Waals surface area (Å²) in [6, 6.07) is 1.80. The molecular formula is C11H13N3O4. The van der Waals surface area contributed by atoms with E-state index in [1.807, 2.05) is 0 Å². The third-order valence-corrected chi connectivity index (χ3v) is 3.17. The molecule has 7 heteroatoms. The molecule has 3 N–H and O–H groups in total. The van der Waals surface area contributed by atoms with Gasteiger partial charge in [0.05, 0.1) is 6.61 Å². The Labute approximate surface area is 102 Å². The Morgan fingerprint density at radius 1 is 1.33 bits per heavy atom. The van der Waals surface area contributed by atoms with Crippen LogP contribution in [0.3, 0.4) is 0 Å². The molecular weight excluding hydrogens is 238 g/mol. The molecule has 0 bridgehead atoms. The summed E-state index contributed by atoms with van der Waals surface area (Å²) in [7, 11) is 0. The van der Waals surface area contributed by atoms with Crippen molar-refractivity contribution in [1.29, 1.82) is 0 Å². The van der Waals surface area contributed by atoms with Gasteiger partial charge in [-0.3, -0.25) is 0 Å². The van der Waals surface area contributed by atoms with Gasteiger partial charge in [0.2, 0.25) is 0 Å². The molecule has 3 rings (SSSR count). The third kappa shape index (κ3) is 1.60. The second-order valence-electron chi connectivity index (χ2n) is 4.25.